The van der Waals surface area contributed by atoms with Crippen molar-refractivity contribution in [1.29, 1.82) is 0 Å². The van der Waals surface area contributed by atoms with E-state index in [1.54, 1.807) is 6.92 Å². The average Bonchev–Trinajstić information content (AvgIpc) is 2.37. The van der Waals surface area contributed by atoms with Gasteiger partial charge >= 0.3 is 0 Å². The van der Waals surface area contributed by atoms with Gasteiger partial charge in [0.25, 0.3) is 10.1 Å². The van der Waals surface area contributed by atoms with Gasteiger partial charge in [0, 0.05) is 23.6 Å². The standard InChI is InChI=1S/C5H10O4S3/c1-4(12(7,8)9)3-5(2)10-11(5)6/h4H,3H2,1-2H3,(H,7,8,9). The summed E-state index contributed by atoms with van der Waals surface area (Å²) in [6, 6.07) is 0. The molecule has 3 atom stereocenters. The van der Waals surface area contributed by atoms with Gasteiger partial charge in [0.15, 0.2) is 10.8 Å². The molecule has 72 valence electrons. The van der Waals surface area contributed by atoms with Crippen molar-refractivity contribution in [3.05, 3.63) is 0 Å². The van der Waals surface area contributed by atoms with Gasteiger partial charge in [-0.15, -0.1) is 0 Å². The van der Waals surface area contributed by atoms with Crippen molar-refractivity contribution >= 4 is 31.1 Å². The fourth-order valence-electron chi connectivity index (χ4n) is 0.873. The molecule has 1 aliphatic rings. The van der Waals surface area contributed by atoms with Crippen LogP contribution in [0.5, 0.6) is 0 Å². The Morgan fingerprint density at radius 1 is 1.75 bits per heavy atom. The van der Waals surface area contributed by atoms with Crippen LogP contribution in [-0.2, 0) is 20.3 Å². The summed E-state index contributed by atoms with van der Waals surface area (Å²) in [5.74, 6) is 0. The zero-order valence-corrected chi connectivity index (χ0v) is 9.13. The van der Waals surface area contributed by atoms with Gasteiger partial charge < -0.3 is 4.55 Å². The van der Waals surface area contributed by atoms with E-state index in [-0.39, 0.29) is 6.42 Å². The largest absolute Gasteiger partial charge is 0.604 e. The Labute approximate surface area is 78.4 Å². The average molecular weight is 230 g/mol. The van der Waals surface area contributed by atoms with Crippen LogP contribution in [-0.4, -0.2) is 26.9 Å². The molecular formula is C5H10O4S3. The lowest BCUT2D eigenvalue weighted by Gasteiger charge is -2.07. The minimum absolute atomic E-state index is 0.239. The Bertz CT molecular complexity index is 274. The maximum absolute atomic E-state index is 10.9. The molecule has 7 heteroatoms. The Hall–Kier alpha value is 0.570. The van der Waals surface area contributed by atoms with Crippen LogP contribution in [0.15, 0.2) is 0 Å². The zero-order chi connectivity index (χ0) is 9.57. The molecule has 0 aromatic heterocycles. The fourth-order valence-corrected chi connectivity index (χ4v) is 4.13. The van der Waals surface area contributed by atoms with Crippen molar-refractivity contribution < 1.29 is 17.5 Å². The molecule has 0 spiro atoms. The Kier molecular flexibility index (Phi) is 2.71. The molecule has 3 unspecified atom stereocenters. The number of rotatable bonds is 3. The van der Waals surface area contributed by atoms with Gasteiger partial charge in [-0.25, -0.2) is 0 Å². The lowest BCUT2D eigenvalue weighted by Crippen LogP contribution is -2.23. The summed E-state index contributed by atoms with van der Waals surface area (Å²) in [5, 5.41) is -0.832. The first-order chi connectivity index (χ1) is 5.26. The maximum Gasteiger partial charge on any atom is 0.267 e. The first kappa shape index (κ1) is 10.6. The lowest BCUT2D eigenvalue weighted by atomic mass is 10.2. The molecule has 0 saturated carbocycles. The third-order valence-corrected chi connectivity index (χ3v) is 7.03. The minimum Gasteiger partial charge on any atom is -0.604 e. The van der Waals surface area contributed by atoms with E-state index in [0.717, 1.165) is 0 Å². The quantitative estimate of drug-likeness (QED) is 0.335. The predicted molar refractivity (Wildman–Crippen MR) is 49.8 cm³/mol. The van der Waals surface area contributed by atoms with Crippen molar-refractivity contribution in [1.82, 2.24) is 0 Å². The van der Waals surface area contributed by atoms with Crippen molar-refractivity contribution in [2.75, 3.05) is 0 Å². The number of hydrogen-bond donors (Lipinski definition) is 1. The highest BCUT2D eigenvalue weighted by Gasteiger charge is 2.61. The summed E-state index contributed by atoms with van der Waals surface area (Å²) in [6.07, 6.45) is 0.239. The van der Waals surface area contributed by atoms with Crippen LogP contribution < -0.4 is 0 Å². The summed E-state index contributed by atoms with van der Waals surface area (Å²) in [4.78, 5) is 0. The molecule has 0 amide bonds. The molecule has 0 radical (unpaired) electrons. The van der Waals surface area contributed by atoms with Crippen LogP contribution in [0, 0.1) is 0 Å². The third kappa shape index (κ3) is 2.29. The van der Waals surface area contributed by atoms with Crippen molar-refractivity contribution in [2.24, 2.45) is 0 Å². The first-order valence-electron chi connectivity index (χ1n) is 3.33. The zero-order valence-electron chi connectivity index (χ0n) is 6.68. The van der Waals surface area contributed by atoms with Crippen LogP contribution in [0.1, 0.15) is 20.3 Å². The minimum atomic E-state index is -3.97. The van der Waals surface area contributed by atoms with Crippen molar-refractivity contribution in [2.45, 2.75) is 29.6 Å². The normalized spacial score (nSPS) is 37.8. The molecule has 4 nitrogen and oxygen atoms in total. The second kappa shape index (κ2) is 3.06. The number of hydrogen-bond acceptors (Lipinski definition) is 4. The topological polar surface area (TPSA) is 77.4 Å². The summed E-state index contributed by atoms with van der Waals surface area (Å²) in [5.41, 5.74) is 0. The van der Waals surface area contributed by atoms with E-state index < -0.39 is 29.7 Å². The first-order valence-corrected chi connectivity index (χ1v) is 7.32. The second-order valence-corrected chi connectivity index (χ2v) is 8.92. The van der Waals surface area contributed by atoms with Gasteiger partial charge in [-0.3, -0.25) is 4.55 Å². The van der Waals surface area contributed by atoms with Crippen LogP contribution in [0.3, 0.4) is 0 Å². The molecule has 0 aliphatic carbocycles. The molecule has 1 fully saturated rings. The SMILES string of the molecule is CC(CC1(C)S[S+]1[O-])S(=O)(=O)O. The summed E-state index contributed by atoms with van der Waals surface area (Å²) < 4.78 is 40.2. The Morgan fingerprint density at radius 2 is 2.17 bits per heavy atom. The van der Waals surface area contributed by atoms with Gasteiger partial charge in [-0.1, -0.05) is 0 Å². The van der Waals surface area contributed by atoms with Crippen molar-refractivity contribution in [3.8, 4) is 0 Å². The van der Waals surface area contributed by atoms with E-state index in [1.165, 1.54) is 17.7 Å². The highest BCUT2D eigenvalue weighted by molar-refractivity contribution is 8.88. The van der Waals surface area contributed by atoms with Gasteiger partial charge in [-0.2, -0.15) is 8.42 Å². The monoisotopic (exact) mass is 230 g/mol. The van der Waals surface area contributed by atoms with E-state index in [0.29, 0.717) is 0 Å². The van der Waals surface area contributed by atoms with E-state index in [2.05, 4.69) is 0 Å². The summed E-state index contributed by atoms with van der Waals surface area (Å²) >= 11 is 0. The van der Waals surface area contributed by atoms with E-state index in [4.69, 9.17) is 4.55 Å². The molecule has 1 saturated heterocycles. The van der Waals surface area contributed by atoms with Gasteiger partial charge in [0.05, 0.1) is 5.25 Å². The fraction of sp³-hybridized carbons (Fsp3) is 1.00. The van der Waals surface area contributed by atoms with Crippen LogP contribution in [0.2, 0.25) is 0 Å². The van der Waals surface area contributed by atoms with Crippen LogP contribution >= 0.6 is 10.8 Å². The molecule has 1 N–H and O–H groups in total. The highest BCUT2D eigenvalue weighted by atomic mass is 33.2. The smallest absolute Gasteiger partial charge is 0.267 e. The van der Waals surface area contributed by atoms with Crippen LogP contribution in [0.4, 0.5) is 0 Å². The van der Waals surface area contributed by atoms with Crippen molar-refractivity contribution in [3.63, 3.8) is 0 Å². The van der Waals surface area contributed by atoms with E-state index >= 15 is 0 Å². The maximum atomic E-state index is 10.9. The molecular weight excluding hydrogens is 220 g/mol. The highest BCUT2D eigenvalue weighted by Crippen LogP contribution is 2.59. The van der Waals surface area contributed by atoms with Gasteiger partial charge in [0.1, 0.15) is 0 Å². The van der Waals surface area contributed by atoms with E-state index in [1.807, 2.05) is 0 Å². The van der Waals surface area contributed by atoms with Gasteiger partial charge in [-0.05, 0) is 6.92 Å². The Morgan fingerprint density at radius 3 is 2.42 bits per heavy atom. The molecule has 1 rings (SSSR count). The van der Waals surface area contributed by atoms with Crippen LogP contribution in [0.25, 0.3) is 0 Å². The third-order valence-electron chi connectivity index (χ3n) is 1.74. The summed E-state index contributed by atoms with van der Waals surface area (Å²) in [7, 11) is -3.71. The van der Waals surface area contributed by atoms with E-state index in [9.17, 15) is 13.0 Å². The molecule has 0 aromatic rings. The molecule has 0 aromatic carbocycles. The predicted octanol–water partition coefficient (Wildman–Crippen LogP) is 0.780. The summed E-state index contributed by atoms with van der Waals surface area (Å²) in [6.45, 7) is 3.14. The molecule has 1 aliphatic heterocycles. The van der Waals surface area contributed by atoms with Gasteiger partial charge in [0.2, 0.25) is 4.08 Å². The molecule has 1 heterocycles. The Balaban J connectivity index is 2.54. The lowest BCUT2D eigenvalue weighted by molar-refractivity contribution is 0.464. The molecule has 12 heavy (non-hydrogen) atoms. The molecule has 0 bridgehead atoms. The second-order valence-electron chi connectivity index (χ2n) is 2.98.